The molecular formula is C20H23N3O2. The van der Waals surface area contributed by atoms with Gasteiger partial charge in [0, 0.05) is 31.0 Å². The second-order valence-corrected chi connectivity index (χ2v) is 6.47. The Morgan fingerprint density at radius 1 is 1.12 bits per heavy atom. The van der Waals surface area contributed by atoms with Crippen LogP contribution in [0, 0.1) is 13.8 Å². The van der Waals surface area contributed by atoms with Gasteiger partial charge in [-0.1, -0.05) is 12.1 Å². The average molecular weight is 337 g/mol. The van der Waals surface area contributed by atoms with Crippen molar-refractivity contribution in [1.29, 1.82) is 0 Å². The van der Waals surface area contributed by atoms with Crippen LogP contribution in [0.3, 0.4) is 0 Å². The van der Waals surface area contributed by atoms with E-state index < -0.39 is 6.10 Å². The zero-order chi connectivity index (χ0) is 18.0. The average Bonchev–Trinajstić information content (AvgIpc) is 2.92. The summed E-state index contributed by atoms with van der Waals surface area (Å²) in [5.74, 6) is 0. The first-order chi connectivity index (χ1) is 11.9. The fourth-order valence-corrected chi connectivity index (χ4v) is 3.04. The zero-order valence-corrected chi connectivity index (χ0v) is 14.7. The number of urea groups is 1. The summed E-state index contributed by atoms with van der Waals surface area (Å²) < 4.78 is 2.03. The second-order valence-electron chi connectivity index (χ2n) is 6.47. The van der Waals surface area contributed by atoms with Crippen molar-refractivity contribution in [1.82, 2.24) is 9.88 Å². The van der Waals surface area contributed by atoms with Crippen molar-refractivity contribution in [2.24, 2.45) is 7.05 Å². The van der Waals surface area contributed by atoms with Crippen molar-refractivity contribution in [3.05, 3.63) is 65.4 Å². The van der Waals surface area contributed by atoms with Crippen LogP contribution in [-0.2, 0) is 7.05 Å². The minimum absolute atomic E-state index is 0.148. The molecule has 0 aliphatic heterocycles. The SMILES string of the molecule is Cc1cc(C)cc(NC(=O)NCC(O)c2ccc3c(ccn3C)c2)c1. The third-order valence-electron chi connectivity index (χ3n) is 4.23. The van der Waals surface area contributed by atoms with Crippen LogP contribution in [0.4, 0.5) is 10.5 Å². The Kier molecular flexibility index (Phi) is 4.76. The molecule has 1 heterocycles. The summed E-state index contributed by atoms with van der Waals surface area (Å²) in [7, 11) is 1.98. The lowest BCUT2D eigenvalue weighted by Crippen LogP contribution is -2.32. The van der Waals surface area contributed by atoms with Gasteiger partial charge in [0.15, 0.2) is 0 Å². The standard InChI is InChI=1S/C20H23N3O2/c1-13-8-14(2)10-17(9-13)22-20(25)21-12-19(24)16-4-5-18-15(11-16)6-7-23(18)3/h4-11,19,24H,12H2,1-3H3,(H2,21,22,25). The zero-order valence-electron chi connectivity index (χ0n) is 14.7. The molecule has 1 unspecified atom stereocenters. The van der Waals surface area contributed by atoms with Crippen LogP contribution in [0.25, 0.3) is 10.9 Å². The predicted octanol–water partition coefficient (Wildman–Crippen LogP) is 3.65. The summed E-state index contributed by atoms with van der Waals surface area (Å²) in [6.45, 7) is 4.12. The number of rotatable bonds is 4. The molecule has 0 bridgehead atoms. The Morgan fingerprint density at radius 2 is 1.84 bits per heavy atom. The van der Waals surface area contributed by atoms with E-state index in [4.69, 9.17) is 0 Å². The molecular weight excluding hydrogens is 314 g/mol. The molecule has 0 spiro atoms. The van der Waals surface area contributed by atoms with Gasteiger partial charge in [-0.2, -0.15) is 0 Å². The highest BCUT2D eigenvalue weighted by molar-refractivity contribution is 5.89. The molecule has 0 radical (unpaired) electrons. The van der Waals surface area contributed by atoms with E-state index in [9.17, 15) is 9.90 Å². The molecule has 0 saturated carbocycles. The van der Waals surface area contributed by atoms with Crippen LogP contribution in [0.2, 0.25) is 0 Å². The van der Waals surface area contributed by atoms with Crippen molar-refractivity contribution in [3.8, 4) is 0 Å². The highest BCUT2D eigenvalue weighted by Crippen LogP contribution is 2.21. The Labute approximate surface area is 147 Å². The number of carbonyl (C=O) groups excluding carboxylic acids is 1. The Balaban J connectivity index is 1.60. The molecule has 0 fully saturated rings. The summed E-state index contributed by atoms with van der Waals surface area (Å²) >= 11 is 0. The number of aliphatic hydroxyl groups excluding tert-OH is 1. The lowest BCUT2D eigenvalue weighted by Gasteiger charge is -2.14. The number of aromatic nitrogens is 1. The third-order valence-corrected chi connectivity index (χ3v) is 4.23. The number of benzene rings is 2. The fraction of sp³-hybridized carbons (Fsp3) is 0.250. The van der Waals surface area contributed by atoms with E-state index in [-0.39, 0.29) is 12.6 Å². The number of fused-ring (bicyclic) bond motifs is 1. The number of amides is 2. The smallest absolute Gasteiger partial charge is 0.319 e. The number of aryl methyl sites for hydroxylation is 3. The molecule has 3 rings (SSSR count). The minimum Gasteiger partial charge on any atom is -0.387 e. The Bertz CT molecular complexity index is 894. The maximum atomic E-state index is 12.0. The molecule has 130 valence electrons. The molecule has 1 atom stereocenters. The van der Waals surface area contributed by atoms with E-state index in [1.807, 2.05) is 74.1 Å². The minimum atomic E-state index is -0.755. The molecule has 25 heavy (non-hydrogen) atoms. The van der Waals surface area contributed by atoms with Gasteiger partial charge in [0.05, 0.1) is 6.10 Å². The molecule has 2 amide bonds. The highest BCUT2D eigenvalue weighted by Gasteiger charge is 2.11. The number of hydrogen-bond donors (Lipinski definition) is 3. The van der Waals surface area contributed by atoms with Gasteiger partial charge in [-0.15, -0.1) is 0 Å². The third kappa shape index (κ3) is 4.00. The van der Waals surface area contributed by atoms with E-state index in [1.165, 1.54) is 0 Å². The van der Waals surface area contributed by atoms with E-state index in [1.54, 1.807) is 0 Å². The summed E-state index contributed by atoms with van der Waals surface area (Å²) in [5.41, 5.74) is 4.81. The number of anilines is 1. The van der Waals surface area contributed by atoms with Crippen LogP contribution in [0.15, 0.2) is 48.7 Å². The molecule has 5 nitrogen and oxygen atoms in total. The van der Waals surface area contributed by atoms with E-state index in [0.29, 0.717) is 0 Å². The lowest BCUT2D eigenvalue weighted by molar-refractivity contribution is 0.175. The van der Waals surface area contributed by atoms with Crippen molar-refractivity contribution >= 4 is 22.6 Å². The predicted molar refractivity (Wildman–Crippen MR) is 101 cm³/mol. The van der Waals surface area contributed by atoms with Crippen molar-refractivity contribution in [2.75, 3.05) is 11.9 Å². The molecule has 3 aromatic rings. The van der Waals surface area contributed by atoms with Gasteiger partial charge in [0.25, 0.3) is 0 Å². The van der Waals surface area contributed by atoms with Crippen LogP contribution < -0.4 is 10.6 Å². The van der Waals surface area contributed by atoms with Crippen LogP contribution >= 0.6 is 0 Å². The number of nitrogens with zero attached hydrogens (tertiary/aromatic N) is 1. The monoisotopic (exact) mass is 337 g/mol. The van der Waals surface area contributed by atoms with Gasteiger partial charge >= 0.3 is 6.03 Å². The van der Waals surface area contributed by atoms with Gasteiger partial charge in [0.1, 0.15) is 0 Å². The second kappa shape index (κ2) is 6.99. The van der Waals surface area contributed by atoms with Gasteiger partial charge in [-0.3, -0.25) is 0 Å². The number of carbonyl (C=O) groups is 1. The normalized spacial score (nSPS) is 12.2. The first-order valence-corrected chi connectivity index (χ1v) is 8.28. The van der Waals surface area contributed by atoms with E-state index in [0.717, 1.165) is 33.3 Å². The number of nitrogens with one attached hydrogen (secondary N) is 2. The summed E-state index contributed by atoms with van der Waals surface area (Å²) in [5, 5.41) is 16.9. The largest absolute Gasteiger partial charge is 0.387 e. The van der Waals surface area contributed by atoms with Crippen molar-refractivity contribution < 1.29 is 9.90 Å². The maximum absolute atomic E-state index is 12.0. The van der Waals surface area contributed by atoms with Crippen molar-refractivity contribution in [2.45, 2.75) is 20.0 Å². The lowest BCUT2D eigenvalue weighted by atomic mass is 10.1. The first-order valence-electron chi connectivity index (χ1n) is 8.28. The fourth-order valence-electron chi connectivity index (χ4n) is 3.04. The number of aliphatic hydroxyl groups is 1. The first kappa shape index (κ1) is 17.0. The topological polar surface area (TPSA) is 66.3 Å². The number of hydrogen-bond acceptors (Lipinski definition) is 2. The van der Waals surface area contributed by atoms with Gasteiger partial charge < -0.3 is 20.3 Å². The van der Waals surface area contributed by atoms with Gasteiger partial charge in [0.2, 0.25) is 0 Å². The van der Waals surface area contributed by atoms with E-state index in [2.05, 4.69) is 10.6 Å². The molecule has 2 aromatic carbocycles. The molecule has 0 saturated heterocycles. The molecule has 3 N–H and O–H groups in total. The van der Waals surface area contributed by atoms with Crippen molar-refractivity contribution in [3.63, 3.8) is 0 Å². The molecule has 5 heteroatoms. The van der Waals surface area contributed by atoms with Crippen LogP contribution in [0.1, 0.15) is 22.8 Å². The summed E-state index contributed by atoms with van der Waals surface area (Å²) in [6, 6.07) is 13.4. The highest BCUT2D eigenvalue weighted by atomic mass is 16.3. The Morgan fingerprint density at radius 3 is 2.56 bits per heavy atom. The van der Waals surface area contributed by atoms with E-state index >= 15 is 0 Å². The van der Waals surface area contributed by atoms with Gasteiger partial charge in [-0.25, -0.2) is 4.79 Å². The van der Waals surface area contributed by atoms with Crippen LogP contribution in [-0.4, -0.2) is 22.2 Å². The summed E-state index contributed by atoms with van der Waals surface area (Å²) in [4.78, 5) is 12.0. The molecule has 1 aromatic heterocycles. The Hall–Kier alpha value is -2.79. The molecule has 0 aliphatic rings. The quantitative estimate of drug-likeness (QED) is 0.680. The molecule has 0 aliphatic carbocycles. The maximum Gasteiger partial charge on any atom is 0.319 e. The van der Waals surface area contributed by atoms with Gasteiger partial charge in [-0.05, 0) is 66.3 Å². The van der Waals surface area contributed by atoms with Crippen LogP contribution in [0.5, 0.6) is 0 Å². The summed E-state index contributed by atoms with van der Waals surface area (Å²) in [6.07, 6.45) is 1.23.